The molecule has 32 heavy (non-hydrogen) atoms. The molecule has 1 aliphatic heterocycles. The molecule has 158 valence electrons. The first kappa shape index (κ1) is 21.2. The molecule has 4 rings (SSSR count). The molecule has 0 saturated carbocycles. The molecule has 1 heterocycles. The van der Waals surface area contributed by atoms with Crippen molar-refractivity contribution < 1.29 is 8.78 Å². The highest BCUT2D eigenvalue weighted by Gasteiger charge is 2.55. The van der Waals surface area contributed by atoms with Gasteiger partial charge in [-0.2, -0.15) is 15.8 Å². The lowest BCUT2D eigenvalue weighted by atomic mass is 9.58. The fourth-order valence-electron chi connectivity index (χ4n) is 4.81. The summed E-state index contributed by atoms with van der Waals surface area (Å²) in [5.41, 5.74) is 5.89. The van der Waals surface area contributed by atoms with Gasteiger partial charge in [0, 0.05) is 37.5 Å². The van der Waals surface area contributed by atoms with Crippen LogP contribution in [0.2, 0.25) is 0 Å². The van der Waals surface area contributed by atoms with Crippen molar-refractivity contribution >= 4 is 0 Å². The van der Waals surface area contributed by atoms with Gasteiger partial charge in [-0.15, -0.1) is 0 Å². The summed E-state index contributed by atoms with van der Waals surface area (Å²) >= 11 is 0. The molecule has 2 N–H and O–H groups in total. The number of hydrogen-bond donors (Lipinski definition) is 1. The third-order valence-corrected chi connectivity index (χ3v) is 6.29. The van der Waals surface area contributed by atoms with Crippen molar-refractivity contribution in [3.63, 3.8) is 0 Å². The number of benzene rings is 2. The lowest BCUT2D eigenvalue weighted by Gasteiger charge is -2.45. The van der Waals surface area contributed by atoms with Crippen LogP contribution in [0.1, 0.15) is 17.0 Å². The van der Waals surface area contributed by atoms with Gasteiger partial charge < -0.3 is 5.73 Å². The topological polar surface area (TPSA) is 101 Å². The largest absolute Gasteiger partial charge is 0.399 e. The van der Waals surface area contributed by atoms with E-state index in [1.807, 2.05) is 54.6 Å². The Balaban J connectivity index is 1.88. The van der Waals surface area contributed by atoms with E-state index in [2.05, 4.69) is 4.90 Å². The number of allylic oxidation sites excluding steroid dienone is 2. The average molecular weight is 427 g/mol. The Morgan fingerprint density at radius 3 is 2.41 bits per heavy atom. The van der Waals surface area contributed by atoms with E-state index in [9.17, 15) is 24.6 Å². The maximum Gasteiger partial charge on any atom is 0.191 e. The summed E-state index contributed by atoms with van der Waals surface area (Å²) in [6.07, 6.45) is 1.86. The zero-order chi connectivity index (χ0) is 22.9. The smallest absolute Gasteiger partial charge is 0.191 e. The summed E-state index contributed by atoms with van der Waals surface area (Å²) in [5, 5.41) is 29.9. The van der Waals surface area contributed by atoms with Crippen LogP contribution < -0.4 is 5.73 Å². The van der Waals surface area contributed by atoms with Crippen LogP contribution in [0.3, 0.4) is 0 Å². The van der Waals surface area contributed by atoms with Gasteiger partial charge in [-0.25, -0.2) is 8.78 Å². The van der Waals surface area contributed by atoms with Crippen molar-refractivity contribution in [2.45, 2.75) is 12.5 Å². The summed E-state index contributed by atoms with van der Waals surface area (Å²) in [6.45, 7) is 1.52. The predicted octanol–water partition coefficient (Wildman–Crippen LogP) is 3.89. The van der Waals surface area contributed by atoms with Crippen molar-refractivity contribution in [2.24, 2.45) is 17.1 Å². The zero-order valence-corrected chi connectivity index (χ0v) is 17.1. The van der Waals surface area contributed by atoms with Crippen LogP contribution in [-0.2, 0) is 6.54 Å². The highest BCUT2D eigenvalue weighted by Crippen LogP contribution is 2.54. The minimum absolute atomic E-state index is 0.0342. The van der Waals surface area contributed by atoms with E-state index < -0.39 is 28.9 Å². The maximum atomic E-state index is 14.9. The van der Waals surface area contributed by atoms with Crippen LogP contribution in [0, 0.1) is 57.0 Å². The molecule has 2 aromatic carbocycles. The van der Waals surface area contributed by atoms with Crippen LogP contribution >= 0.6 is 0 Å². The first-order chi connectivity index (χ1) is 15.4. The molecule has 0 fully saturated rings. The highest BCUT2D eigenvalue weighted by atomic mass is 19.1. The van der Waals surface area contributed by atoms with Gasteiger partial charge in [0.1, 0.15) is 17.7 Å². The van der Waals surface area contributed by atoms with Crippen LogP contribution in [0.5, 0.6) is 0 Å². The fraction of sp³-hybridized carbons (Fsp3) is 0.240. The number of nitrogens with two attached hydrogens (primary N) is 1. The molecule has 0 bridgehead atoms. The van der Waals surface area contributed by atoms with Gasteiger partial charge in [0.15, 0.2) is 5.41 Å². The van der Waals surface area contributed by atoms with E-state index in [0.29, 0.717) is 25.2 Å². The Hall–Kier alpha value is -3.99. The predicted molar refractivity (Wildman–Crippen MR) is 113 cm³/mol. The monoisotopic (exact) mass is 427 g/mol. The Labute approximate surface area is 184 Å². The molecule has 5 nitrogen and oxygen atoms in total. The molecular weight excluding hydrogens is 408 g/mol. The van der Waals surface area contributed by atoms with E-state index in [4.69, 9.17) is 5.73 Å². The Morgan fingerprint density at radius 1 is 1.06 bits per heavy atom. The second kappa shape index (κ2) is 8.27. The van der Waals surface area contributed by atoms with Gasteiger partial charge in [0.25, 0.3) is 0 Å². The van der Waals surface area contributed by atoms with Crippen LogP contribution in [0.25, 0.3) is 0 Å². The lowest BCUT2D eigenvalue weighted by molar-refractivity contribution is 0.199. The maximum absolute atomic E-state index is 14.9. The zero-order valence-electron chi connectivity index (χ0n) is 17.1. The Bertz CT molecular complexity index is 1230. The number of hydrogen-bond acceptors (Lipinski definition) is 5. The number of nitriles is 3. The van der Waals surface area contributed by atoms with E-state index in [1.54, 1.807) is 0 Å². The van der Waals surface area contributed by atoms with Crippen molar-refractivity contribution in [1.82, 2.24) is 4.90 Å². The fourth-order valence-corrected chi connectivity index (χ4v) is 4.81. The van der Waals surface area contributed by atoms with Crippen molar-refractivity contribution in [3.8, 4) is 18.2 Å². The van der Waals surface area contributed by atoms with Crippen LogP contribution in [0.4, 0.5) is 8.78 Å². The number of nitrogens with zero attached hydrogens (tertiary/aromatic N) is 4. The van der Waals surface area contributed by atoms with Crippen LogP contribution in [0.15, 0.2) is 71.5 Å². The molecule has 7 heteroatoms. The second-order valence-electron chi connectivity index (χ2n) is 8.02. The van der Waals surface area contributed by atoms with Gasteiger partial charge in [0.2, 0.25) is 0 Å². The van der Waals surface area contributed by atoms with Gasteiger partial charge in [-0.3, -0.25) is 4.90 Å². The van der Waals surface area contributed by atoms with Gasteiger partial charge in [-0.05, 0) is 22.8 Å². The van der Waals surface area contributed by atoms with E-state index in [0.717, 1.165) is 17.7 Å². The minimum Gasteiger partial charge on any atom is -0.399 e. The number of halogens is 2. The molecule has 0 amide bonds. The summed E-state index contributed by atoms with van der Waals surface area (Å²) in [4.78, 5) is 2.11. The second-order valence-corrected chi connectivity index (χ2v) is 8.02. The highest BCUT2D eigenvalue weighted by molar-refractivity contribution is 5.59. The number of rotatable bonds is 3. The molecule has 0 saturated heterocycles. The first-order valence-electron chi connectivity index (χ1n) is 10.1. The molecule has 0 aromatic heterocycles. The molecule has 2 atom stereocenters. The standard InChI is InChI=1S/C25H19F2N5/c26-17-6-7-19(22(27)10-17)23-21-13-32(12-16-4-2-1-3-5-16)9-8-18(21)20(11-28)24(31)25(23,14-29)15-30/h1-8,10,21,23H,9,12-13,31H2/t21-,23+/m1/s1. The Morgan fingerprint density at radius 2 is 1.78 bits per heavy atom. The molecule has 2 aromatic rings. The summed E-state index contributed by atoms with van der Waals surface area (Å²) in [5.74, 6) is -3.15. The summed E-state index contributed by atoms with van der Waals surface area (Å²) < 4.78 is 28.6. The molecule has 1 aliphatic carbocycles. The van der Waals surface area contributed by atoms with Crippen molar-refractivity contribution in [1.29, 1.82) is 15.8 Å². The van der Waals surface area contributed by atoms with Gasteiger partial charge in [-0.1, -0.05) is 42.5 Å². The molecule has 0 radical (unpaired) electrons. The van der Waals surface area contributed by atoms with E-state index in [-0.39, 0.29) is 16.8 Å². The minimum atomic E-state index is -1.96. The Kier molecular flexibility index (Phi) is 5.49. The third kappa shape index (κ3) is 3.32. The quantitative estimate of drug-likeness (QED) is 0.801. The normalized spacial score (nSPS) is 22.2. The van der Waals surface area contributed by atoms with Crippen molar-refractivity contribution in [3.05, 3.63) is 94.2 Å². The van der Waals surface area contributed by atoms with Crippen molar-refractivity contribution in [2.75, 3.05) is 13.1 Å². The third-order valence-electron chi connectivity index (χ3n) is 6.29. The van der Waals surface area contributed by atoms with Gasteiger partial charge in [0.05, 0.1) is 23.4 Å². The summed E-state index contributed by atoms with van der Waals surface area (Å²) in [7, 11) is 0. The average Bonchev–Trinajstić information content (AvgIpc) is 2.80. The molecule has 0 spiro atoms. The lowest BCUT2D eigenvalue weighted by Crippen LogP contribution is -2.48. The SMILES string of the molecule is N#CC1=C(N)C(C#N)(C#N)[C@@H](c2ccc(F)cc2F)[C@@H]2CN(Cc3ccccc3)CC=C12. The molecular formula is C25H19F2N5. The molecule has 0 unspecified atom stereocenters. The first-order valence-corrected chi connectivity index (χ1v) is 10.1. The van der Waals surface area contributed by atoms with Gasteiger partial charge >= 0.3 is 0 Å². The van der Waals surface area contributed by atoms with E-state index >= 15 is 0 Å². The van der Waals surface area contributed by atoms with Crippen LogP contribution in [-0.4, -0.2) is 18.0 Å². The number of fused-ring (bicyclic) bond motifs is 1. The molecule has 2 aliphatic rings. The van der Waals surface area contributed by atoms with E-state index in [1.165, 1.54) is 6.07 Å². The summed E-state index contributed by atoms with van der Waals surface area (Å²) in [6, 6.07) is 18.9.